The van der Waals surface area contributed by atoms with E-state index in [1.807, 2.05) is 0 Å². The molecule has 0 aromatic carbocycles. The summed E-state index contributed by atoms with van der Waals surface area (Å²) in [7, 11) is 2.18. The molecule has 2 rings (SSSR count). The van der Waals surface area contributed by atoms with Gasteiger partial charge in [0.2, 0.25) is 0 Å². The van der Waals surface area contributed by atoms with Crippen LogP contribution in [-0.2, 0) is 0 Å². The van der Waals surface area contributed by atoms with Crippen LogP contribution in [0.4, 0.5) is 0 Å². The third kappa shape index (κ3) is 1.09. The predicted octanol–water partition coefficient (Wildman–Crippen LogP) is 2.48. The summed E-state index contributed by atoms with van der Waals surface area (Å²) in [5.74, 6) is 0. The molecule has 0 radical (unpaired) electrons. The molecular formula is C11H15N. The Labute approximate surface area is 74.1 Å². The topological polar surface area (TPSA) is 3.24 Å². The zero-order valence-corrected chi connectivity index (χ0v) is 7.80. The summed E-state index contributed by atoms with van der Waals surface area (Å²) in [5.41, 5.74) is 4.42. The lowest BCUT2D eigenvalue weighted by Gasteiger charge is -2.30. The van der Waals surface area contributed by atoms with Gasteiger partial charge in [-0.1, -0.05) is 18.2 Å². The van der Waals surface area contributed by atoms with Crippen molar-refractivity contribution in [2.75, 3.05) is 13.6 Å². The van der Waals surface area contributed by atoms with E-state index < -0.39 is 0 Å². The van der Waals surface area contributed by atoms with Gasteiger partial charge in [0.25, 0.3) is 0 Å². The van der Waals surface area contributed by atoms with Crippen molar-refractivity contribution >= 4 is 0 Å². The number of nitrogens with zero attached hydrogens (tertiary/aromatic N) is 1. The Morgan fingerprint density at radius 1 is 1.42 bits per heavy atom. The van der Waals surface area contributed by atoms with Crippen LogP contribution < -0.4 is 0 Å². The van der Waals surface area contributed by atoms with Gasteiger partial charge in [0.05, 0.1) is 0 Å². The molecule has 1 aliphatic carbocycles. The van der Waals surface area contributed by atoms with E-state index in [9.17, 15) is 0 Å². The third-order valence-corrected chi connectivity index (χ3v) is 2.70. The summed E-state index contributed by atoms with van der Waals surface area (Å²) in [4.78, 5) is 2.35. The molecule has 1 nitrogen and oxygen atoms in total. The molecule has 1 heteroatoms. The normalized spacial score (nSPS) is 22.5. The fourth-order valence-electron chi connectivity index (χ4n) is 1.90. The summed E-state index contributed by atoms with van der Waals surface area (Å²) in [6.07, 6.45) is 9.26. The van der Waals surface area contributed by atoms with Gasteiger partial charge in [-0.3, -0.25) is 0 Å². The molecule has 1 heterocycles. The van der Waals surface area contributed by atoms with E-state index in [-0.39, 0.29) is 0 Å². The molecule has 0 aromatic heterocycles. The van der Waals surface area contributed by atoms with E-state index in [2.05, 4.69) is 37.1 Å². The van der Waals surface area contributed by atoms with Crippen molar-refractivity contribution in [1.29, 1.82) is 0 Å². The summed E-state index contributed by atoms with van der Waals surface area (Å²) < 4.78 is 0. The second-order valence-corrected chi connectivity index (χ2v) is 3.57. The summed E-state index contributed by atoms with van der Waals surface area (Å²) >= 11 is 0. The van der Waals surface area contributed by atoms with Crippen LogP contribution in [-0.4, -0.2) is 18.5 Å². The van der Waals surface area contributed by atoms with Crippen molar-refractivity contribution in [2.45, 2.75) is 19.8 Å². The number of rotatable bonds is 0. The van der Waals surface area contributed by atoms with Gasteiger partial charge in [-0.15, -0.1) is 0 Å². The number of likely N-dealkylation sites (N-methyl/N-ethyl adjacent to an activating group) is 1. The Morgan fingerprint density at radius 3 is 3.00 bits per heavy atom. The molecule has 0 fully saturated rings. The van der Waals surface area contributed by atoms with Crippen molar-refractivity contribution < 1.29 is 0 Å². The lowest BCUT2D eigenvalue weighted by Crippen LogP contribution is -2.24. The minimum absolute atomic E-state index is 1.08. The zero-order valence-electron chi connectivity index (χ0n) is 7.80. The van der Waals surface area contributed by atoms with Gasteiger partial charge in [-0.2, -0.15) is 0 Å². The Balaban J connectivity index is 2.41. The van der Waals surface area contributed by atoms with Gasteiger partial charge in [-0.05, 0) is 30.9 Å². The summed E-state index contributed by atoms with van der Waals surface area (Å²) in [6, 6.07) is 0. The van der Waals surface area contributed by atoms with Crippen LogP contribution in [0.25, 0.3) is 0 Å². The van der Waals surface area contributed by atoms with Crippen LogP contribution >= 0.6 is 0 Å². The van der Waals surface area contributed by atoms with Gasteiger partial charge in [0.15, 0.2) is 0 Å². The first-order valence-corrected chi connectivity index (χ1v) is 4.57. The Kier molecular flexibility index (Phi) is 1.80. The number of hydrogen-bond acceptors (Lipinski definition) is 1. The highest BCUT2D eigenvalue weighted by Crippen LogP contribution is 2.29. The maximum atomic E-state index is 2.35. The highest BCUT2D eigenvalue weighted by molar-refractivity contribution is 5.46. The van der Waals surface area contributed by atoms with Gasteiger partial charge in [0, 0.05) is 19.3 Å². The van der Waals surface area contributed by atoms with Crippen LogP contribution in [0.2, 0.25) is 0 Å². The van der Waals surface area contributed by atoms with E-state index in [0.717, 1.165) is 6.54 Å². The fourth-order valence-corrected chi connectivity index (χ4v) is 1.90. The molecular weight excluding hydrogens is 146 g/mol. The largest absolute Gasteiger partial charge is 0.374 e. The van der Waals surface area contributed by atoms with Crippen LogP contribution in [0.1, 0.15) is 19.8 Å². The summed E-state index contributed by atoms with van der Waals surface area (Å²) in [6.45, 7) is 3.29. The molecule has 0 aromatic rings. The second kappa shape index (κ2) is 2.81. The van der Waals surface area contributed by atoms with Gasteiger partial charge >= 0.3 is 0 Å². The van der Waals surface area contributed by atoms with Crippen LogP contribution in [0.5, 0.6) is 0 Å². The smallest absolute Gasteiger partial charge is 0.0359 e. The van der Waals surface area contributed by atoms with Gasteiger partial charge in [0.1, 0.15) is 0 Å². The first kappa shape index (κ1) is 7.66. The Morgan fingerprint density at radius 2 is 2.25 bits per heavy atom. The molecule has 0 amide bonds. The summed E-state index contributed by atoms with van der Waals surface area (Å²) in [5, 5.41) is 0. The molecule has 0 spiro atoms. The van der Waals surface area contributed by atoms with Crippen molar-refractivity contribution in [3.05, 3.63) is 35.1 Å². The molecule has 0 bridgehead atoms. The van der Waals surface area contributed by atoms with Gasteiger partial charge in [-0.25, -0.2) is 0 Å². The molecule has 0 saturated heterocycles. The molecule has 0 atom stereocenters. The SMILES string of the molecule is CC1=CCN(C)C2=C1C=CCC2. The second-order valence-electron chi connectivity index (χ2n) is 3.57. The van der Waals surface area contributed by atoms with E-state index in [0.29, 0.717) is 0 Å². The molecule has 2 aliphatic rings. The van der Waals surface area contributed by atoms with Crippen molar-refractivity contribution in [3.63, 3.8) is 0 Å². The van der Waals surface area contributed by atoms with E-state index in [1.54, 1.807) is 0 Å². The molecule has 1 aliphatic heterocycles. The van der Waals surface area contributed by atoms with E-state index in [1.165, 1.54) is 29.7 Å². The van der Waals surface area contributed by atoms with Crippen molar-refractivity contribution in [2.24, 2.45) is 0 Å². The third-order valence-electron chi connectivity index (χ3n) is 2.70. The molecule has 12 heavy (non-hydrogen) atoms. The average Bonchev–Trinajstić information content (AvgIpc) is 2.12. The highest BCUT2D eigenvalue weighted by atomic mass is 15.1. The van der Waals surface area contributed by atoms with E-state index in [4.69, 9.17) is 0 Å². The highest BCUT2D eigenvalue weighted by Gasteiger charge is 2.16. The zero-order chi connectivity index (χ0) is 8.55. The van der Waals surface area contributed by atoms with Crippen molar-refractivity contribution in [1.82, 2.24) is 4.90 Å². The van der Waals surface area contributed by atoms with Crippen LogP contribution in [0.15, 0.2) is 35.1 Å². The standard InChI is InChI=1S/C11H15N/c1-9-7-8-12(2)11-6-4-3-5-10(9)11/h3,5,7H,4,6,8H2,1-2H3. The minimum Gasteiger partial charge on any atom is -0.374 e. The minimum atomic E-state index is 1.08. The lowest BCUT2D eigenvalue weighted by atomic mass is 9.94. The molecule has 0 N–H and O–H groups in total. The lowest BCUT2D eigenvalue weighted by molar-refractivity contribution is 0.430. The Bertz CT molecular complexity index is 281. The Hall–Kier alpha value is -0.980. The quantitative estimate of drug-likeness (QED) is 0.527. The maximum absolute atomic E-state index is 2.35. The fraction of sp³-hybridized carbons (Fsp3) is 0.455. The van der Waals surface area contributed by atoms with Crippen LogP contribution in [0, 0.1) is 0 Å². The van der Waals surface area contributed by atoms with Crippen LogP contribution in [0.3, 0.4) is 0 Å². The predicted molar refractivity (Wildman–Crippen MR) is 51.8 cm³/mol. The maximum Gasteiger partial charge on any atom is 0.0359 e. The van der Waals surface area contributed by atoms with Crippen molar-refractivity contribution in [3.8, 4) is 0 Å². The molecule has 0 unspecified atom stereocenters. The monoisotopic (exact) mass is 161 g/mol. The first-order valence-electron chi connectivity index (χ1n) is 4.57. The number of hydrogen-bond donors (Lipinski definition) is 0. The first-order chi connectivity index (χ1) is 5.79. The molecule has 0 saturated carbocycles. The average molecular weight is 161 g/mol. The number of allylic oxidation sites excluding steroid dienone is 5. The molecule has 64 valence electrons. The van der Waals surface area contributed by atoms with E-state index >= 15 is 0 Å². The van der Waals surface area contributed by atoms with Gasteiger partial charge < -0.3 is 4.90 Å².